The summed E-state index contributed by atoms with van der Waals surface area (Å²) in [7, 11) is 0. The van der Waals surface area contributed by atoms with Crippen molar-refractivity contribution in [2.75, 3.05) is 11.4 Å². The van der Waals surface area contributed by atoms with Crippen LogP contribution in [0.25, 0.3) is 0 Å². The lowest BCUT2D eigenvalue weighted by Crippen LogP contribution is -2.22. The number of anilines is 1. The van der Waals surface area contributed by atoms with E-state index in [0.29, 0.717) is 17.7 Å². The molecule has 0 unspecified atom stereocenters. The predicted molar refractivity (Wildman–Crippen MR) is 74.3 cm³/mol. The van der Waals surface area contributed by atoms with Gasteiger partial charge in [0.15, 0.2) is 0 Å². The van der Waals surface area contributed by atoms with Crippen LogP contribution in [0.5, 0.6) is 0 Å². The first-order valence-electron chi connectivity index (χ1n) is 6.23. The molecule has 0 atom stereocenters. The maximum absolute atomic E-state index is 13.3. The van der Waals surface area contributed by atoms with Gasteiger partial charge in [0.2, 0.25) is 0 Å². The number of benzene rings is 2. The highest BCUT2D eigenvalue weighted by Crippen LogP contribution is 2.19. The Balaban J connectivity index is 2.29. The molecule has 0 fully saturated rings. The first-order valence-corrected chi connectivity index (χ1v) is 6.23. The highest BCUT2D eigenvalue weighted by Gasteiger charge is 2.09. The highest BCUT2D eigenvalue weighted by molar-refractivity contribution is 5.48. The predicted octanol–water partition coefficient (Wildman–Crippen LogP) is 3.72. The smallest absolute Gasteiger partial charge is 0.123 e. The molecule has 96 valence electrons. The Morgan fingerprint density at radius 3 is 2.53 bits per heavy atom. The molecule has 2 aromatic carbocycles. The third kappa shape index (κ3) is 3.11. The van der Waals surface area contributed by atoms with E-state index in [2.05, 4.69) is 11.0 Å². The third-order valence-corrected chi connectivity index (χ3v) is 3.05. The van der Waals surface area contributed by atoms with E-state index in [4.69, 9.17) is 5.26 Å². The van der Waals surface area contributed by atoms with Gasteiger partial charge in [-0.05, 0) is 42.8 Å². The first kappa shape index (κ1) is 13.1. The second kappa shape index (κ2) is 6.01. The van der Waals surface area contributed by atoms with E-state index in [-0.39, 0.29) is 5.82 Å². The van der Waals surface area contributed by atoms with E-state index in [9.17, 15) is 4.39 Å². The molecular weight excluding hydrogens is 239 g/mol. The average molecular weight is 254 g/mol. The van der Waals surface area contributed by atoms with E-state index in [0.717, 1.165) is 12.2 Å². The van der Waals surface area contributed by atoms with Crippen LogP contribution in [0.1, 0.15) is 18.1 Å². The Labute approximate surface area is 112 Å². The zero-order chi connectivity index (χ0) is 13.7. The molecule has 2 aromatic rings. The third-order valence-electron chi connectivity index (χ3n) is 3.05. The van der Waals surface area contributed by atoms with E-state index >= 15 is 0 Å². The molecule has 0 aliphatic rings. The van der Waals surface area contributed by atoms with Crippen molar-refractivity contribution in [2.24, 2.45) is 0 Å². The summed E-state index contributed by atoms with van der Waals surface area (Å²) in [4.78, 5) is 2.11. The van der Waals surface area contributed by atoms with Crippen LogP contribution in [0.4, 0.5) is 10.1 Å². The standard InChI is InChI=1S/C16H15FN2/c1-2-19(16-6-4-3-5-7-16)12-14-10-15(17)9-8-13(14)11-18/h3-10H,2,12H2,1H3. The molecule has 0 saturated heterocycles. The molecule has 0 aliphatic heterocycles. The Morgan fingerprint density at radius 1 is 1.16 bits per heavy atom. The number of halogens is 1. The fourth-order valence-corrected chi connectivity index (χ4v) is 2.03. The van der Waals surface area contributed by atoms with E-state index in [1.807, 2.05) is 37.3 Å². The van der Waals surface area contributed by atoms with Crippen LogP contribution in [0.15, 0.2) is 48.5 Å². The van der Waals surface area contributed by atoms with Crippen LogP contribution in [-0.4, -0.2) is 6.54 Å². The Kier molecular flexibility index (Phi) is 4.15. The van der Waals surface area contributed by atoms with Gasteiger partial charge in [-0.3, -0.25) is 0 Å². The number of para-hydroxylation sites is 1. The van der Waals surface area contributed by atoms with Crippen molar-refractivity contribution in [2.45, 2.75) is 13.5 Å². The van der Waals surface area contributed by atoms with Crippen LogP contribution < -0.4 is 4.90 Å². The van der Waals surface area contributed by atoms with Gasteiger partial charge in [-0.2, -0.15) is 5.26 Å². The van der Waals surface area contributed by atoms with Gasteiger partial charge in [0, 0.05) is 18.8 Å². The van der Waals surface area contributed by atoms with Crippen molar-refractivity contribution in [1.29, 1.82) is 5.26 Å². The fraction of sp³-hybridized carbons (Fsp3) is 0.188. The summed E-state index contributed by atoms with van der Waals surface area (Å²) < 4.78 is 13.3. The lowest BCUT2D eigenvalue weighted by atomic mass is 10.1. The average Bonchev–Trinajstić information content (AvgIpc) is 2.46. The second-order valence-electron chi connectivity index (χ2n) is 4.26. The van der Waals surface area contributed by atoms with Gasteiger partial charge in [-0.1, -0.05) is 18.2 Å². The normalized spacial score (nSPS) is 9.95. The van der Waals surface area contributed by atoms with Gasteiger partial charge in [-0.25, -0.2) is 4.39 Å². The monoisotopic (exact) mass is 254 g/mol. The molecule has 0 aromatic heterocycles. The summed E-state index contributed by atoms with van der Waals surface area (Å²) in [6.07, 6.45) is 0. The molecule has 0 saturated carbocycles. The minimum absolute atomic E-state index is 0.307. The lowest BCUT2D eigenvalue weighted by Gasteiger charge is -2.23. The molecule has 0 bridgehead atoms. The highest BCUT2D eigenvalue weighted by atomic mass is 19.1. The number of hydrogen-bond donors (Lipinski definition) is 0. The summed E-state index contributed by atoms with van der Waals surface area (Å²) in [6, 6.07) is 16.3. The molecule has 0 N–H and O–H groups in total. The van der Waals surface area contributed by atoms with Gasteiger partial charge in [0.05, 0.1) is 11.6 Å². The quantitative estimate of drug-likeness (QED) is 0.831. The van der Waals surface area contributed by atoms with Gasteiger partial charge in [0.1, 0.15) is 5.82 Å². The lowest BCUT2D eigenvalue weighted by molar-refractivity contribution is 0.624. The first-order chi connectivity index (χ1) is 9.24. The van der Waals surface area contributed by atoms with Crippen LogP contribution in [-0.2, 0) is 6.54 Å². The molecule has 3 heteroatoms. The fourth-order valence-electron chi connectivity index (χ4n) is 2.03. The minimum Gasteiger partial charge on any atom is -0.367 e. The Bertz CT molecular complexity index is 587. The van der Waals surface area contributed by atoms with Crippen LogP contribution in [0.3, 0.4) is 0 Å². The Hall–Kier alpha value is -2.34. The molecule has 0 amide bonds. The molecule has 19 heavy (non-hydrogen) atoms. The van der Waals surface area contributed by atoms with Crippen molar-refractivity contribution in [3.63, 3.8) is 0 Å². The maximum atomic E-state index is 13.3. The Morgan fingerprint density at radius 2 is 1.89 bits per heavy atom. The number of nitrogens with zero attached hydrogens (tertiary/aromatic N) is 2. The summed E-state index contributed by atoms with van der Waals surface area (Å²) in [5, 5.41) is 9.07. The van der Waals surface area contributed by atoms with Gasteiger partial charge >= 0.3 is 0 Å². The van der Waals surface area contributed by atoms with Crippen molar-refractivity contribution in [1.82, 2.24) is 0 Å². The van der Waals surface area contributed by atoms with Crippen LogP contribution >= 0.6 is 0 Å². The van der Waals surface area contributed by atoms with Crippen LogP contribution in [0.2, 0.25) is 0 Å². The molecule has 0 spiro atoms. The van der Waals surface area contributed by atoms with E-state index in [1.165, 1.54) is 18.2 Å². The molecule has 2 nitrogen and oxygen atoms in total. The zero-order valence-electron chi connectivity index (χ0n) is 10.8. The largest absolute Gasteiger partial charge is 0.367 e. The van der Waals surface area contributed by atoms with E-state index < -0.39 is 0 Å². The number of rotatable bonds is 4. The summed E-state index contributed by atoms with van der Waals surface area (Å²) >= 11 is 0. The maximum Gasteiger partial charge on any atom is 0.123 e. The summed E-state index contributed by atoms with van der Waals surface area (Å²) in [5.41, 5.74) is 2.31. The zero-order valence-corrected chi connectivity index (χ0v) is 10.8. The molecule has 2 rings (SSSR count). The van der Waals surface area contributed by atoms with Crippen molar-refractivity contribution >= 4 is 5.69 Å². The van der Waals surface area contributed by atoms with Gasteiger partial charge < -0.3 is 4.90 Å². The van der Waals surface area contributed by atoms with Crippen molar-refractivity contribution < 1.29 is 4.39 Å². The molecule has 0 heterocycles. The summed E-state index contributed by atoms with van der Waals surface area (Å²) in [5.74, 6) is -0.307. The van der Waals surface area contributed by atoms with Crippen molar-refractivity contribution in [3.8, 4) is 6.07 Å². The molecule has 0 radical (unpaired) electrons. The van der Waals surface area contributed by atoms with Gasteiger partial charge in [0.25, 0.3) is 0 Å². The van der Waals surface area contributed by atoms with Crippen molar-refractivity contribution in [3.05, 3.63) is 65.5 Å². The second-order valence-corrected chi connectivity index (χ2v) is 4.26. The van der Waals surface area contributed by atoms with Gasteiger partial charge in [-0.15, -0.1) is 0 Å². The number of hydrogen-bond acceptors (Lipinski definition) is 2. The molecule has 0 aliphatic carbocycles. The minimum atomic E-state index is -0.307. The van der Waals surface area contributed by atoms with E-state index in [1.54, 1.807) is 0 Å². The topological polar surface area (TPSA) is 27.0 Å². The molecular formula is C16H15FN2. The SMILES string of the molecule is CCN(Cc1cc(F)ccc1C#N)c1ccccc1. The number of nitriles is 1. The van der Waals surface area contributed by atoms with Crippen LogP contribution in [0, 0.1) is 17.1 Å². The summed E-state index contributed by atoms with van der Waals surface area (Å²) in [6.45, 7) is 3.37.